The molecule has 0 aliphatic carbocycles. The summed E-state index contributed by atoms with van der Waals surface area (Å²) in [4.78, 5) is 26.1. The molecule has 1 N–H and O–H groups in total. The molecule has 0 unspecified atom stereocenters. The van der Waals surface area contributed by atoms with E-state index in [1.54, 1.807) is 6.33 Å². The van der Waals surface area contributed by atoms with Gasteiger partial charge in [0.1, 0.15) is 18.0 Å². The summed E-state index contributed by atoms with van der Waals surface area (Å²) in [7, 11) is 0. The predicted octanol–water partition coefficient (Wildman–Crippen LogP) is 5.63. The maximum atomic E-state index is 13.1. The summed E-state index contributed by atoms with van der Waals surface area (Å²) in [6.07, 6.45) is 2.64. The minimum Gasteiger partial charge on any atom is -0.366 e. The highest BCUT2D eigenvalue weighted by Gasteiger charge is 2.18. The molecular weight excluding hydrogens is 446 g/mol. The van der Waals surface area contributed by atoms with Gasteiger partial charge in [0.2, 0.25) is 0 Å². The fourth-order valence-electron chi connectivity index (χ4n) is 4.66. The molecule has 0 spiro atoms. The van der Waals surface area contributed by atoms with Crippen molar-refractivity contribution in [2.45, 2.75) is 33.4 Å². The van der Waals surface area contributed by atoms with Crippen molar-refractivity contribution in [1.82, 2.24) is 9.97 Å². The summed E-state index contributed by atoms with van der Waals surface area (Å²) in [5.41, 5.74) is 6.59. The number of carbonyl (C=O) groups excluding carboxylic acids is 1. The summed E-state index contributed by atoms with van der Waals surface area (Å²) < 4.78 is 0. The molecule has 6 nitrogen and oxygen atoms in total. The SMILES string of the molecule is CCN(C(=O)c1ccc(CNc2cc(N3CCc4ccccc4C3)ncn2)cc1)c1cccc(C)c1. The average molecular weight is 478 g/mol. The van der Waals surface area contributed by atoms with E-state index in [0.717, 1.165) is 48.0 Å². The van der Waals surface area contributed by atoms with Crippen LogP contribution in [0.2, 0.25) is 0 Å². The Morgan fingerprint density at radius 3 is 2.56 bits per heavy atom. The predicted molar refractivity (Wildman–Crippen MR) is 146 cm³/mol. The molecule has 1 aliphatic heterocycles. The number of fused-ring (bicyclic) bond motifs is 1. The number of rotatable bonds is 7. The molecule has 5 rings (SSSR count). The van der Waals surface area contributed by atoms with Crippen LogP contribution in [0.3, 0.4) is 0 Å². The van der Waals surface area contributed by atoms with Crippen LogP contribution in [0.1, 0.15) is 39.5 Å². The van der Waals surface area contributed by atoms with Gasteiger partial charge < -0.3 is 15.1 Å². The van der Waals surface area contributed by atoms with E-state index in [2.05, 4.69) is 44.5 Å². The monoisotopic (exact) mass is 477 g/mol. The largest absolute Gasteiger partial charge is 0.366 e. The third-order valence-electron chi connectivity index (χ3n) is 6.66. The molecule has 1 amide bonds. The molecule has 1 aromatic heterocycles. The van der Waals surface area contributed by atoms with Crippen LogP contribution in [0.25, 0.3) is 0 Å². The third-order valence-corrected chi connectivity index (χ3v) is 6.66. The van der Waals surface area contributed by atoms with Crippen LogP contribution in [-0.2, 0) is 19.5 Å². The Labute approximate surface area is 212 Å². The lowest BCUT2D eigenvalue weighted by Crippen LogP contribution is -2.31. The standard InChI is InChI=1S/C30H31N5O/c1-3-35(27-10-6-7-22(2)17-27)30(36)25-13-11-23(12-14-25)19-31-28-18-29(33-21-32-28)34-16-15-24-8-4-5-9-26(24)20-34/h4-14,17-18,21H,3,15-16,19-20H2,1-2H3,(H,31,32,33). The number of amides is 1. The molecule has 4 aromatic rings. The van der Waals surface area contributed by atoms with Gasteiger partial charge in [0, 0.05) is 43.5 Å². The highest BCUT2D eigenvalue weighted by Crippen LogP contribution is 2.24. The van der Waals surface area contributed by atoms with Crippen LogP contribution in [0.5, 0.6) is 0 Å². The first-order valence-corrected chi connectivity index (χ1v) is 12.5. The quantitative estimate of drug-likeness (QED) is 0.374. The number of carbonyl (C=O) groups is 1. The van der Waals surface area contributed by atoms with Crippen LogP contribution in [0, 0.1) is 6.92 Å². The molecule has 3 aromatic carbocycles. The number of benzene rings is 3. The number of nitrogens with one attached hydrogen (secondary N) is 1. The molecule has 0 radical (unpaired) electrons. The van der Waals surface area contributed by atoms with Crippen LogP contribution in [-0.4, -0.2) is 29.0 Å². The number of nitrogens with zero attached hydrogens (tertiary/aromatic N) is 4. The van der Waals surface area contributed by atoms with Crippen molar-refractivity contribution in [3.63, 3.8) is 0 Å². The average Bonchev–Trinajstić information content (AvgIpc) is 2.92. The number of hydrogen-bond donors (Lipinski definition) is 1. The van der Waals surface area contributed by atoms with Gasteiger partial charge in [0.15, 0.2) is 0 Å². The molecule has 36 heavy (non-hydrogen) atoms. The zero-order valence-electron chi connectivity index (χ0n) is 20.8. The maximum absolute atomic E-state index is 13.1. The maximum Gasteiger partial charge on any atom is 0.258 e. The van der Waals surface area contributed by atoms with Gasteiger partial charge >= 0.3 is 0 Å². The van der Waals surface area contributed by atoms with Gasteiger partial charge in [-0.25, -0.2) is 9.97 Å². The molecule has 182 valence electrons. The van der Waals surface area contributed by atoms with E-state index in [-0.39, 0.29) is 5.91 Å². The molecule has 0 saturated carbocycles. The highest BCUT2D eigenvalue weighted by molar-refractivity contribution is 6.06. The number of hydrogen-bond acceptors (Lipinski definition) is 5. The first-order chi connectivity index (χ1) is 17.6. The van der Waals surface area contributed by atoms with E-state index in [9.17, 15) is 4.79 Å². The summed E-state index contributed by atoms with van der Waals surface area (Å²) in [6.45, 7) is 7.07. The van der Waals surface area contributed by atoms with Gasteiger partial charge in [0.05, 0.1) is 0 Å². The summed E-state index contributed by atoms with van der Waals surface area (Å²) in [5.74, 6) is 1.72. The van der Waals surface area contributed by atoms with Crippen molar-refractivity contribution in [1.29, 1.82) is 0 Å². The van der Waals surface area contributed by atoms with Crippen molar-refractivity contribution in [3.8, 4) is 0 Å². The normalized spacial score (nSPS) is 12.7. The Kier molecular flexibility index (Phi) is 6.94. The van der Waals surface area contributed by atoms with Crippen molar-refractivity contribution in [2.75, 3.05) is 28.2 Å². The lowest BCUT2D eigenvalue weighted by atomic mass is 10.00. The second-order valence-electron chi connectivity index (χ2n) is 9.14. The van der Waals surface area contributed by atoms with E-state index >= 15 is 0 Å². The highest BCUT2D eigenvalue weighted by atomic mass is 16.2. The topological polar surface area (TPSA) is 61.4 Å². The number of aryl methyl sites for hydroxylation is 1. The van der Waals surface area contributed by atoms with Crippen LogP contribution < -0.4 is 15.1 Å². The van der Waals surface area contributed by atoms with Gasteiger partial charge in [-0.3, -0.25) is 4.79 Å². The lowest BCUT2D eigenvalue weighted by molar-refractivity contribution is 0.0988. The van der Waals surface area contributed by atoms with Crippen molar-refractivity contribution in [2.24, 2.45) is 0 Å². The van der Waals surface area contributed by atoms with Crippen molar-refractivity contribution >= 4 is 23.2 Å². The Bertz CT molecular complexity index is 1350. The van der Waals surface area contributed by atoms with Crippen molar-refractivity contribution in [3.05, 3.63) is 113 Å². The second kappa shape index (κ2) is 10.6. The van der Waals surface area contributed by atoms with Crippen molar-refractivity contribution < 1.29 is 4.79 Å². The van der Waals surface area contributed by atoms with Gasteiger partial charge in [-0.1, -0.05) is 48.5 Å². The fraction of sp³-hybridized carbons (Fsp3) is 0.233. The summed E-state index contributed by atoms with van der Waals surface area (Å²) >= 11 is 0. The van der Waals surface area contributed by atoms with E-state index in [1.807, 2.05) is 73.3 Å². The summed E-state index contributed by atoms with van der Waals surface area (Å²) in [5, 5.41) is 3.40. The smallest absolute Gasteiger partial charge is 0.258 e. The molecule has 0 saturated heterocycles. The van der Waals surface area contributed by atoms with Gasteiger partial charge in [-0.15, -0.1) is 0 Å². The molecule has 6 heteroatoms. The number of anilines is 3. The minimum atomic E-state index is 0.00570. The zero-order chi connectivity index (χ0) is 24.9. The van der Waals surface area contributed by atoms with Crippen LogP contribution in [0.4, 0.5) is 17.3 Å². The summed E-state index contributed by atoms with van der Waals surface area (Å²) in [6, 6.07) is 26.4. The van der Waals surface area contributed by atoms with Gasteiger partial charge in [0.25, 0.3) is 5.91 Å². The Morgan fingerprint density at radius 2 is 1.78 bits per heavy atom. The lowest BCUT2D eigenvalue weighted by Gasteiger charge is -2.29. The molecular formula is C30H31N5O. The minimum absolute atomic E-state index is 0.00570. The Morgan fingerprint density at radius 1 is 0.972 bits per heavy atom. The fourth-order valence-corrected chi connectivity index (χ4v) is 4.66. The molecule has 1 aliphatic rings. The van der Waals surface area contributed by atoms with Crippen LogP contribution >= 0.6 is 0 Å². The first kappa shape index (κ1) is 23.5. The zero-order valence-corrected chi connectivity index (χ0v) is 20.8. The van der Waals surface area contributed by atoms with E-state index in [1.165, 1.54) is 11.1 Å². The molecule has 0 bridgehead atoms. The van der Waals surface area contributed by atoms with E-state index in [0.29, 0.717) is 18.7 Å². The number of aromatic nitrogens is 2. The van der Waals surface area contributed by atoms with E-state index in [4.69, 9.17) is 0 Å². The molecule has 0 atom stereocenters. The Balaban J connectivity index is 1.22. The van der Waals surface area contributed by atoms with Crippen LogP contribution in [0.15, 0.2) is 85.2 Å². The third kappa shape index (κ3) is 5.23. The van der Waals surface area contributed by atoms with E-state index < -0.39 is 0 Å². The first-order valence-electron chi connectivity index (χ1n) is 12.5. The second-order valence-corrected chi connectivity index (χ2v) is 9.14. The molecule has 2 heterocycles. The molecule has 0 fully saturated rings. The van der Waals surface area contributed by atoms with Gasteiger partial charge in [-0.05, 0) is 66.8 Å². The van der Waals surface area contributed by atoms with Gasteiger partial charge in [-0.2, -0.15) is 0 Å². The Hall–Kier alpha value is -4.19.